The second kappa shape index (κ2) is 7.72. The van der Waals surface area contributed by atoms with Crippen molar-refractivity contribution >= 4 is 35.6 Å². The first-order chi connectivity index (χ1) is 12.6. The predicted molar refractivity (Wildman–Crippen MR) is 106 cm³/mol. The average Bonchev–Trinajstić information content (AvgIpc) is 3.11. The van der Waals surface area contributed by atoms with E-state index >= 15 is 0 Å². The molecule has 0 saturated heterocycles. The van der Waals surface area contributed by atoms with Crippen LogP contribution >= 0.6 is 24.0 Å². The topological polar surface area (TPSA) is 80.4 Å². The highest BCUT2D eigenvalue weighted by atomic mass is 35.5. The van der Waals surface area contributed by atoms with Crippen molar-refractivity contribution in [3.05, 3.63) is 68.2 Å². The molecule has 3 aromatic rings. The lowest BCUT2D eigenvalue weighted by Crippen LogP contribution is -2.35. The van der Waals surface area contributed by atoms with Crippen molar-refractivity contribution in [1.82, 2.24) is 24.8 Å². The minimum absolute atomic E-state index is 0. The van der Waals surface area contributed by atoms with E-state index in [0.717, 1.165) is 24.2 Å². The molecule has 142 valence electrons. The molecule has 0 spiro atoms. The Morgan fingerprint density at radius 2 is 2.07 bits per heavy atom. The molecule has 1 aromatic carbocycles. The van der Waals surface area contributed by atoms with Crippen LogP contribution in [0.1, 0.15) is 27.2 Å². The molecule has 2 N–H and O–H groups in total. The van der Waals surface area contributed by atoms with Crippen LogP contribution < -0.4 is 16.2 Å². The quantitative estimate of drug-likeness (QED) is 0.691. The van der Waals surface area contributed by atoms with E-state index in [4.69, 9.17) is 11.6 Å². The van der Waals surface area contributed by atoms with E-state index in [1.807, 2.05) is 23.7 Å². The number of benzene rings is 1. The normalized spacial score (nSPS) is 13.1. The number of amides is 1. The molecule has 3 heterocycles. The van der Waals surface area contributed by atoms with E-state index in [9.17, 15) is 9.59 Å². The number of aryl methyl sites for hydroxylation is 1. The molecule has 27 heavy (non-hydrogen) atoms. The Morgan fingerprint density at radius 3 is 2.81 bits per heavy atom. The Hall–Kier alpha value is -2.35. The van der Waals surface area contributed by atoms with Gasteiger partial charge in [0, 0.05) is 43.8 Å². The van der Waals surface area contributed by atoms with Crippen molar-refractivity contribution in [2.75, 3.05) is 6.54 Å². The largest absolute Gasteiger partial charge is 0.348 e. The van der Waals surface area contributed by atoms with Crippen LogP contribution in [0.2, 0.25) is 5.02 Å². The van der Waals surface area contributed by atoms with Crippen LogP contribution in [0.3, 0.4) is 0 Å². The van der Waals surface area contributed by atoms with Crippen molar-refractivity contribution in [2.24, 2.45) is 7.05 Å². The highest BCUT2D eigenvalue weighted by Crippen LogP contribution is 2.16. The number of rotatable bonds is 3. The van der Waals surface area contributed by atoms with Crippen LogP contribution in [-0.4, -0.2) is 26.6 Å². The van der Waals surface area contributed by atoms with Crippen LogP contribution in [0.25, 0.3) is 5.65 Å². The molecule has 1 amide bonds. The smallest absolute Gasteiger partial charge is 0.279 e. The van der Waals surface area contributed by atoms with Gasteiger partial charge in [0.2, 0.25) is 0 Å². The van der Waals surface area contributed by atoms with Crippen molar-refractivity contribution in [3.8, 4) is 0 Å². The van der Waals surface area contributed by atoms with Gasteiger partial charge < -0.3 is 15.2 Å². The molecule has 1 aliphatic rings. The van der Waals surface area contributed by atoms with Crippen molar-refractivity contribution < 1.29 is 4.79 Å². The van der Waals surface area contributed by atoms with Gasteiger partial charge in [0.1, 0.15) is 5.56 Å². The Labute approximate surface area is 166 Å². The van der Waals surface area contributed by atoms with Gasteiger partial charge in [-0.05, 0) is 17.7 Å². The summed E-state index contributed by atoms with van der Waals surface area (Å²) in [5.74, 6) is -0.265. The molecule has 1 aliphatic heterocycles. The van der Waals surface area contributed by atoms with Gasteiger partial charge in [-0.15, -0.1) is 12.4 Å². The summed E-state index contributed by atoms with van der Waals surface area (Å²) in [7, 11) is 1.87. The average molecular weight is 408 g/mol. The zero-order valence-corrected chi connectivity index (χ0v) is 16.2. The summed E-state index contributed by atoms with van der Waals surface area (Å²) >= 11 is 5.88. The fourth-order valence-electron chi connectivity index (χ4n) is 3.35. The maximum atomic E-state index is 12.7. The summed E-state index contributed by atoms with van der Waals surface area (Å²) in [6.45, 7) is 1.70. The first kappa shape index (κ1) is 19.4. The zero-order chi connectivity index (χ0) is 18.3. The lowest BCUT2D eigenvalue weighted by molar-refractivity contribution is 0.0952. The van der Waals surface area contributed by atoms with Crippen LogP contribution in [0.5, 0.6) is 0 Å². The van der Waals surface area contributed by atoms with E-state index in [0.29, 0.717) is 34.9 Å². The number of hydrogen-bond donors (Lipinski definition) is 2. The number of hydrogen-bond acceptors (Lipinski definition) is 4. The maximum Gasteiger partial charge on any atom is 0.279 e. The molecule has 0 fully saturated rings. The lowest BCUT2D eigenvalue weighted by Gasteiger charge is -2.20. The predicted octanol–water partition coefficient (Wildman–Crippen LogP) is 1.68. The molecule has 0 saturated carbocycles. The summed E-state index contributed by atoms with van der Waals surface area (Å²) in [6, 6.07) is 7.28. The zero-order valence-electron chi connectivity index (χ0n) is 14.7. The number of nitrogens with one attached hydrogen (secondary N) is 2. The van der Waals surface area contributed by atoms with Gasteiger partial charge in [-0.2, -0.15) is 9.61 Å². The third kappa shape index (κ3) is 3.45. The van der Waals surface area contributed by atoms with E-state index in [2.05, 4.69) is 15.7 Å². The van der Waals surface area contributed by atoms with E-state index in [1.54, 1.807) is 12.1 Å². The summed E-state index contributed by atoms with van der Waals surface area (Å²) in [4.78, 5) is 25.3. The third-order valence-corrected chi connectivity index (χ3v) is 4.97. The number of carbonyl (C=O) groups is 1. The summed E-state index contributed by atoms with van der Waals surface area (Å²) in [5.41, 5.74) is 3.34. The Kier molecular flexibility index (Phi) is 5.55. The van der Waals surface area contributed by atoms with E-state index < -0.39 is 0 Å². The SMILES string of the molecule is Cl.Cn1c2c(c(=O)n3ncc(C(=O)NCc4ccc(Cl)cc4)c13)CNCC2. The van der Waals surface area contributed by atoms with Gasteiger partial charge >= 0.3 is 0 Å². The highest BCUT2D eigenvalue weighted by Gasteiger charge is 2.23. The van der Waals surface area contributed by atoms with Gasteiger partial charge in [0.25, 0.3) is 11.5 Å². The Bertz CT molecular complexity index is 1060. The van der Waals surface area contributed by atoms with E-state index in [1.165, 1.54) is 10.7 Å². The Morgan fingerprint density at radius 1 is 1.33 bits per heavy atom. The minimum Gasteiger partial charge on any atom is -0.348 e. The lowest BCUT2D eigenvalue weighted by atomic mass is 10.1. The fraction of sp³-hybridized carbons (Fsp3) is 0.278. The number of halogens is 2. The highest BCUT2D eigenvalue weighted by molar-refractivity contribution is 6.30. The summed E-state index contributed by atoms with van der Waals surface area (Å²) < 4.78 is 3.21. The van der Waals surface area contributed by atoms with Crippen molar-refractivity contribution in [1.29, 1.82) is 0 Å². The van der Waals surface area contributed by atoms with Gasteiger partial charge in [-0.1, -0.05) is 23.7 Å². The first-order valence-corrected chi connectivity index (χ1v) is 8.76. The molecule has 0 unspecified atom stereocenters. The molecular formula is C18H19Cl2N5O2. The van der Waals surface area contributed by atoms with Crippen LogP contribution in [0, 0.1) is 0 Å². The molecule has 0 bridgehead atoms. The molecule has 4 rings (SSSR count). The standard InChI is InChI=1S/C18H18ClN5O2.ClH/c1-23-15-6-7-20-9-13(15)18(26)24-17(23)14(10-22-24)16(25)21-8-11-2-4-12(19)5-3-11;/h2-5,10,20H,6-9H2,1H3,(H,21,25);1H. The molecule has 0 radical (unpaired) electrons. The molecule has 2 aromatic heterocycles. The second-order valence-corrected chi connectivity index (χ2v) is 6.76. The van der Waals surface area contributed by atoms with Gasteiger partial charge in [0.15, 0.2) is 5.65 Å². The minimum atomic E-state index is -0.265. The molecule has 7 nitrogen and oxygen atoms in total. The van der Waals surface area contributed by atoms with Gasteiger partial charge in [0.05, 0.1) is 11.8 Å². The third-order valence-electron chi connectivity index (χ3n) is 4.72. The first-order valence-electron chi connectivity index (χ1n) is 8.38. The fourth-order valence-corrected chi connectivity index (χ4v) is 3.48. The number of aromatic nitrogens is 3. The van der Waals surface area contributed by atoms with Crippen LogP contribution in [0.15, 0.2) is 35.3 Å². The maximum absolute atomic E-state index is 12.7. The molecule has 0 aliphatic carbocycles. The molecule has 9 heteroatoms. The summed E-state index contributed by atoms with van der Waals surface area (Å²) in [5, 5.41) is 10.9. The van der Waals surface area contributed by atoms with Crippen LogP contribution in [0.4, 0.5) is 0 Å². The monoisotopic (exact) mass is 407 g/mol. The van der Waals surface area contributed by atoms with Crippen molar-refractivity contribution in [3.63, 3.8) is 0 Å². The van der Waals surface area contributed by atoms with Gasteiger partial charge in [-0.25, -0.2) is 0 Å². The second-order valence-electron chi connectivity index (χ2n) is 6.32. The summed E-state index contributed by atoms with van der Waals surface area (Å²) in [6.07, 6.45) is 2.20. The molecular weight excluding hydrogens is 389 g/mol. The van der Waals surface area contributed by atoms with Gasteiger partial charge in [-0.3, -0.25) is 9.59 Å². The van der Waals surface area contributed by atoms with Crippen LogP contribution in [-0.2, 0) is 26.6 Å². The van der Waals surface area contributed by atoms with Crippen molar-refractivity contribution in [2.45, 2.75) is 19.5 Å². The Balaban J connectivity index is 0.00000210. The number of nitrogens with zero attached hydrogens (tertiary/aromatic N) is 3. The number of carbonyl (C=O) groups excluding carboxylic acids is 1. The number of fused-ring (bicyclic) bond motifs is 2. The molecule has 0 atom stereocenters. The van der Waals surface area contributed by atoms with E-state index in [-0.39, 0.29) is 23.9 Å².